The third kappa shape index (κ3) is 3.96. The Kier molecular flexibility index (Phi) is 4.34. The topological polar surface area (TPSA) is 84.4 Å². The summed E-state index contributed by atoms with van der Waals surface area (Å²) in [5.41, 5.74) is 12.8. The zero-order valence-corrected chi connectivity index (χ0v) is 10.5. The van der Waals surface area contributed by atoms with E-state index in [1.807, 2.05) is 25.9 Å². The fourth-order valence-electron chi connectivity index (χ4n) is 1.33. The summed E-state index contributed by atoms with van der Waals surface area (Å²) in [7, 11) is 3.94. The number of benzene rings is 1. The SMILES string of the molecule is CC(CNC(=O)c1cc(N)cc(N)c1)N(C)C. The summed E-state index contributed by atoms with van der Waals surface area (Å²) in [6, 6.07) is 5.13. The molecule has 0 aliphatic rings. The van der Waals surface area contributed by atoms with Crippen molar-refractivity contribution < 1.29 is 4.79 Å². The van der Waals surface area contributed by atoms with Crippen molar-refractivity contribution >= 4 is 17.3 Å². The molecule has 0 heterocycles. The van der Waals surface area contributed by atoms with Crippen LogP contribution < -0.4 is 16.8 Å². The maximum Gasteiger partial charge on any atom is 0.251 e. The smallest absolute Gasteiger partial charge is 0.251 e. The summed E-state index contributed by atoms with van der Waals surface area (Å²) >= 11 is 0. The fourth-order valence-corrected chi connectivity index (χ4v) is 1.33. The molecule has 0 saturated carbocycles. The molecule has 1 unspecified atom stereocenters. The molecule has 94 valence electrons. The molecule has 0 saturated heterocycles. The van der Waals surface area contributed by atoms with E-state index in [0.29, 0.717) is 23.5 Å². The van der Waals surface area contributed by atoms with Gasteiger partial charge in [0, 0.05) is 29.5 Å². The molecule has 0 radical (unpaired) electrons. The number of amides is 1. The molecule has 0 spiro atoms. The first-order chi connectivity index (χ1) is 7.90. The van der Waals surface area contributed by atoms with E-state index < -0.39 is 0 Å². The first-order valence-corrected chi connectivity index (χ1v) is 5.51. The van der Waals surface area contributed by atoms with Gasteiger partial charge in [0.15, 0.2) is 0 Å². The van der Waals surface area contributed by atoms with Gasteiger partial charge in [-0.1, -0.05) is 0 Å². The second-order valence-electron chi connectivity index (χ2n) is 4.41. The predicted octanol–water partition coefficient (Wildman–Crippen LogP) is 0.531. The van der Waals surface area contributed by atoms with Crippen LogP contribution in [0.25, 0.3) is 0 Å². The van der Waals surface area contributed by atoms with Crippen molar-refractivity contribution in [1.82, 2.24) is 10.2 Å². The average Bonchev–Trinajstić information content (AvgIpc) is 2.23. The molecule has 17 heavy (non-hydrogen) atoms. The number of nitrogens with one attached hydrogen (secondary N) is 1. The maximum absolute atomic E-state index is 11.8. The zero-order valence-electron chi connectivity index (χ0n) is 10.5. The Bertz CT molecular complexity index is 383. The minimum absolute atomic E-state index is 0.155. The van der Waals surface area contributed by atoms with Gasteiger partial charge in [0.25, 0.3) is 5.91 Å². The van der Waals surface area contributed by atoms with Crippen LogP contribution in [0.3, 0.4) is 0 Å². The van der Waals surface area contributed by atoms with Crippen molar-refractivity contribution in [3.63, 3.8) is 0 Å². The fraction of sp³-hybridized carbons (Fsp3) is 0.417. The van der Waals surface area contributed by atoms with E-state index >= 15 is 0 Å². The number of nitrogens with two attached hydrogens (primary N) is 2. The molecule has 1 atom stereocenters. The van der Waals surface area contributed by atoms with Crippen LogP contribution in [0.4, 0.5) is 11.4 Å². The second kappa shape index (κ2) is 5.54. The summed E-state index contributed by atoms with van der Waals surface area (Å²) in [5, 5.41) is 2.84. The van der Waals surface area contributed by atoms with Crippen molar-refractivity contribution in [2.45, 2.75) is 13.0 Å². The van der Waals surface area contributed by atoms with Crippen LogP contribution >= 0.6 is 0 Å². The molecule has 1 aromatic rings. The lowest BCUT2D eigenvalue weighted by molar-refractivity contribution is 0.0944. The van der Waals surface area contributed by atoms with Gasteiger partial charge in [0.05, 0.1) is 0 Å². The van der Waals surface area contributed by atoms with Gasteiger partial charge >= 0.3 is 0 Å². The van der Waals surface area contributed by atoms with Gasteiger partial charge < -0.3 is 21.7 Å². The van der Waals surface area contributed by atoms with Gasteiger partial charge in [-0.3, -0.25) is 4.79 Å². The molecule has 1 rings (SSSR count). The molecule has 0 aromatic heterocycles. The van der Waals surface area contributed by atoms with Crippen molar-refractivity contribution in [1.29, 1.82) is 0 Å². The van der Waals surface area contributed by atoms with E-state index in [2.05, 4.69) is 5.32 Å². The standard InChI is InChI=1S/C12H20N4O/c1-8(16(2)3)7-15-12(17)9-4-10(13)6-11(14)5-9/h4-6,8H,7,13-14H2,1-3H3,(H,15,17). The van der Waals surface area contributed by atoms with Crippen LogP contribution in [0.2, 0.25) is 0 Å². The van der Waals surface area contributed by atoms with E-state index in [0.717, 1.165) is 0 Å². The van der Waals surface area contributed by atoms with Gasteiger partial charge in [-0.2, -0.15) is 0 Å². The van der Waals surface area contributed by atoms with E-state index in [1.54, 1.807) is 18.2 Å². The minimum Gasteiger partial charge on any atom is -0.399 e. The van der Waals surface area contributed by atoms with Gasteiger partial charge in [-0.15, -0.1) is 0 Å². The lowest BCUT2D eigenvalue weighted by Crippen LogP contribution is -2.38. The molecule has 0 bridgehead atoms. The van der Waals surface area contributed by atoms with Gasteiger partial charge in [-0.05, 0) is 39.2 Å². The highest BCUT2D eigenvalue weighted by Gasteiger charge is 2.10. The highest BCUT2D eigenvalue weighted by Crippen LogP contribution is 2.13. The Hall–Kier alpha value is -1.75. The van der Waals surface area contributed by atoms with Gasteiger partial charge in [-0.25, -0.2) is 0 Å². The van der Waals surface area contributed by atoms with Crippen molar-refractivity contribution in [3.05, 3.63) is 23.8 Å². The summed E-state index contributed by atoms with van der Waals surface area (Å²) in [5.74, 6) is -0.155. The van der Waals surface area contributed by atoms with Gasteiger partial charge in [0.1, 0.15) is 0 Å². The molecule has 0 aliphatic carbocycles. The van der Waals surface area contributed by atoms with Crippen molar-refractivity contribution in [2.24, 2.45) is 0 Å². The Balaban J connectivity index is 2.64. The second-order valence-corrected chi connectivity index (χ2v) is 4.41. The van der Waals surface area contributed by atoms with E-state index in [9.17, 15) is 4.79 Å². The summed E-state index contributed by atoms with van der Waals surface area (Å²) in [6.45, 7) is 2.62. The van der Waals surface area contributed by atoms with E-state index in [4.69, 9.17) is 11.5 Å². The Morgan fingerprint density at radius 3 is 2.29 bits per heavy atom. The van der Waals surface area contributed by atoms with Crippen LogP contribution in [-0.4, -0.2) is 37.5 Å². The van der Waals surface area contributed by atoms with Crippen molar-refractivity contribution in [3.8, 4) is 0 Å². The molecular formula is C12H20N4O. The number of likely N-dealkylation sites (N-methyl/N-ethyl adjacent to an activating group) is 1. The van der Waals surface area contributed by atoms with Crippen LogP contribution in [0, 0.1) is 0 Å². The number of nitrogens with zero attached hydrogens (tertiary/aromatic N) is 1. The lowest BCUT2D eigenvalue weighted by Gasteiger charge is -2.20. The number of anilines is 2. The zero-order chi connectivity index (χ0) is 13.0. The number of carbonyl (C=O) groups is 1. The molecule has 5 heteroatoms. The normalized spacial score (nSPS) is 12.5. The number of rotatable bonds is 4. The summed E-state index contributed by atoms with van der Waals surface area (Å²) in [4.78, 5) is 13.9. The monoisotopic (exact) mass is 236 g/mol. The average molecular weight is 236 g/mol. The lowest BCUT2D eigenvalue weighted by atomic mass is 10.1. The third-order valence-corrected chi connectivity index (χ3v) is 2.68. The molecular weight excluding hydrogens is 216 g/mol. The maximum atomic E-state index is 11.8. The minimum atomic E-state index is -0.155. The number of hydrogen-bond donors (Lipinski definition) is 3. The summed E-state index contributed by atoms with van der Waals surface area (Å²) < 4.78 is 0. The van der Waals surface area contributed by atoms with E-state index in [1.165, 1.54) is 0 Å². The molecule has 5 N–H and O–H groups in total. The number of hydrogen-bond acceptors (Lipinski definition) is 4. The summed E-state index contributed by atoms with van der Waals surface area (Å²) in [6.07, 6.45) is 0. The number of nitrogen functional groups attached to an aromatic ring is 2. The molecule has 0 aliphatic heterocycles. The highest BCUT2D eigenvalue weighted by atomic mass is 16.1. The Morgan fingerprint density at radius 2 is 1.82 bits per heavy atom. The van der Waals surface area contributed by atoms with Crippen LogP contribution in [-0.2, 0) is 0 Å². The predicted molar refractivity (Wildman–Crippen MR) is 70.7 cm³/mol. The largest absolute Gasteiger partial charge is 0.399 e. The Morgan fingerprint density at radius 1 is 1.29 bits per heavy atom. The van der Waals surface area contributed by atoms with Crippen LogP contribution in [0.1, 0.15) is 17.3 Å². The third-order valence-electron chi connectivity index (χ3n) is 2.68. The van der Waals surface area contributed by atoms with Gasteiger partial charge in [0.2, 0.25) is 0 Å². The molecule has 1 aromatic carbocycles. The first kappa shape index (κ1) is 13.3. The molecule has 1 amide bonds. The van der Waals surface area contributed by atoms with E-state index in [-0.39, 0.29) is 11.9 Å². The molecule has 0 fully saturated rings. The first-order valence-electron chi connectivity index (χ1n) is 5.51. The number of carbonyl (C=O) groups excluding carboxylic acids is 1. The highest BCUT2D eigenvalue weighted by molar-refractivity contribution is 5.96. The molecule has 5 nitrogen and oxygen atoms in total. The van der Waals surface area contributed by atoms with Crippen LogP contribution in [0.15, 0.2) is 18.2 Å². The quantitative estimate of drug-likeness (QED) is 0.666. The van der Waals surface area contributed by atoms with Crippen molar-refractivity contribution in [2.75, 3.05) is 32.1 Å². The van der Waals surface area contributed by atoms with Crippen LogP contribution in [0.5, 0.6) is 0 Å². The Labute approximate surface area is 102 Å².